The maximum absolute atomic E-state index is 5.45. The maximum atomic E-state index is 5.45. The summed E-state index contributed by atoms with van der Waals surface area (Å²) in [6.45, 7) is 5.14. The largest absolute Gasteiger partial charge is 0.475 e. The zero-order valence-electron chi connectivity index (χ0n) is 11.0. The molecule has 1 aromatic rings. The van der Waals surface area contributed by atoms with Crippen molar-refractivity contribution in [2.24, 2.45) is 0 Å². The highest BCUT2D eigenvalue weighted by Crippen LogP contribution is 2.10. The molecule has 0 aliphatic rings. The number of aromatic nitrogens is 2. The van der Waals surface area contributed by atoms with E-state index >= 15 is 0 Å². The summed E-state index contributed by atoms with van der Waals surface area (Å²) in [5.41, 5.74) is 0. The van der Waals surface area contributed by atoms with Gasteiger partial charge in [0.2, 0.25) is 5.88 Å². The molecular formula is C12H21N3O3. The number of anilines is 1. The Hall–Kier alpha value is -1.40. The summed E-state index contributed by atoms with van der Waals surface area (Å²) in [4.78, 5) is 8.12. The van der Waals surface area contributed by atoms with Gasteiger partial charge in [-0.1, -0.05) is 6.92 Å². The summed E-state index contributed by atoms with van der Waals surface area (Å²) in [6, 6.07) is 1.78. The Morgan fingerprint density at radius 3 is 2.78 bits per heavy atom. The van der Waals surface area contributed by atoms with Gasteiger partial charge in [-0.3, -0.25) is 0 Å². The Kier molecular flexibility index (Phi) is 7.83. The normalized spacial score (nSPS) is 10.3. The van der Waals surface area contributed by atoms with Crippen LogP contribution in [0.2, 0.25) is 0 Å². The van der Waals surface area contributed by atoms with Gasteiger partial charge >= 0.3 is 0 Å². The molecule has 6 heteroatoms. The second kappa shape index (κ2) is 9.61. The van der Waals surface area contributed by atoms with E-state index in [4.69, 9.17) is 14.2 Å². The zero-order valence-corrected chi connectivity index (χ0v) is 11.0. The zero-order chi connectivity index (χ0) is 13.1. The van der Waals surface area contributed by atoms with Gasteiger partial charge in [-0.05, 0) is 6.42 Å². The second-order valence-electron chi connectivity index (χ2n) is 3.62. The van der Waals surface area contributed by atoms with Gasteiger partial charge in [-0.2, -0.15) is 0 Å². The molecular weight excluding hydrogens is 234 g/mol. The molecule has 0 atom stereocenters. The minimum atomic E-state index is 0.466. The third-order valence-electron chi connectivity index (χ3n) is 2.11. The molecule has 18 heavy (non-hydrogen) atoms. The van der Waals surface area contributed by atoms with Gasteiger partial charge in [0.05, 0.1) is 19.8 Å². The van der Waals surface area contributed by atoms with E-state index in [1.807, 2.05) is 0 Å². The van der Waals surface area contributed by atoms with E-state index in [1.165, 1.54) is 6.33 Å². The van der Waals surface area contributed by atoms with Crippen molar-refractivity contribution in [1.29, 1.82) is 0 Å². The van der Waals surface area contributed by atoms with Crippen LogP contribution in [-0.4, -0.2) is 50.1 Å². The molecule has 0 aliphatic carbocycles. The van der Waals surface area contributed by atoms with Crippen LogP contribution in [0.15, 0.2) is 12.4 Å². The van der Waals surface area contributed by atoms with Crippen LogP contribution >= 0.6 is 0 Å². The Morgan fingerprint density at radius 2 is 2.00 bits per heavy atom. The first-order valence-corrected chi connectivity index (χ1v) is 6.12. The van der Waals surface area contributed by atoms with Crippen LogP contribution in [-0.2, 0) is 9.47 Å². The Bertz CT molecular complexity index is 323. The summed E-state index contributed by atoms with van der Waals surface area (Å²) >= 11 is 0. The quantitative estimate of drug-likeness (QED) is 0.636. The molecule has 0 aromatic carbocycles. The molecule has 0 spiro atoms. The van der Waals surface area contributed by atoms with Gasteiger partial charge < -0.3 is 19.5 Å². The van der Waals surface area contributed by atoms with Gasteiger partial charge in [-0.15, -0.1) is 0 Å². The average Bonchev–Trinajstić information content (AvgIpc) is 2.41. The van der Waals surface area contributed by atoms with E-state index in [1.54, 1.807) is 13.2 Å². The maximum Gasteiger partial charge on any atom is 0.218 e. The molecule has 0 unspecified atom stereocenters. The SMILES string of the molecule is CCCNc1cc(OCCOCCOC)ncn1. The summed E-state index contributed by atoms with van der Waals surface area (Å²) in [6.07, 6.45) is 2.53. The van der Waals surface area contributed by atoms with Gasteiger partial charge in [0.1, 0.15) is 18.8 Å². The fraction of sp³-hybridized carbons (Fsp3) is 0.667. The van der Waals surface area contributed by atoms with Crippen molar-refractivity contribution >= 4 is 5.82 Å². The topological polar surface area (TPSA) is 65.5 Å². The predicted octanol–water partition coefficient (Wildman–Crippen LogP) is 1.34. The van der Waals surface area contributed by atoms with E-state index < -0.39 is 0 Å². The van der Waals surface area contributed by atoms with E-state index in [-0.39, 0.29) is 0 Å². The fourth-order valence-electron chi connectivity index (χ4n) is 1.22. The number of nitrogens with one attached hydrogen (secondary N) is 1. The summed E-state index contributed by atoms with van der Waals surface area (Å²) in [7, 11) is 1.64. The van der Waals surface area contributed by atoms with Crippen molar-refractivity contribution in [3.63, 3.8) is 0 Å². The summed E-state index contributed by atoms with van der Waals surface area (Å²) in [5.74, 6) is 1.33. The standard InChI is InChI=1S/C12H21N3O3/c1-3-4-13-11-9-12(15-10-14-11)18-8-7-17-6-5-16-2/h9-10H,3-8H2,1-2H3,(H,13,14,15). The summed E-state index contributed by atoms with van der Waals surface area (Å²) in [5, 5.41) is 3.17. The molecule has 1 aromatic heterocycles. The molecule has 102 valence electrons. The van der Waals surface area contributed by atoms with Crippen LogP contribution in [0, 0.1) is 0 Å². The first-order chi connectivity index (χ1) is 8.86. The number of nitrogens with zero attached hydrogens (tertiary/aromatic N) is 2. The second-order valence-corrected chi connectivity index (χ2v) is 3.62. The Balaban J connectivity index is 2.20. The van der Waals surface area contributed by atoms with Gasteiger partial charge in [0.15, 0.2) is 0 Å². The minimum absolute atomic E-state index is 0.466. The van der Waals surface area contributed by atoms with E-state index in [0.717, 1.165) is 18.8 Å². The van der Waals surface area contributed by atoms with Crippen molar-refractivity contribution in [3.8, 4) is 5.88 Å². The molecule has 0 saturated heterocycles. The van der Waals surface area contributed by atoms with Gasteiger partial charge in [0.25, 0.3) is 0 Å². The van der Waals surface area contributed by atoms with Crippen molar-refractivity contribution in [3.05, 3.63) is 12.4 Å². The molecule has 6 nitrogen and oxygen atoms in total. The summed E-state index contributed by atoms with van der Waals surface area (Å²) < 4.78 is 15.6. The first-order valence-electron chi connectivity index (χ1n) is 6.12. The van der Waals surface area contributed by atoms with E-state index in [9.17, 15) is 0 Å². The lowest BCUT2D eigenvalue weighted by Gasteiger charge is -2.08. The number of ether oxygens (including phenoxy) is 3. The van der Waals surface area contributed by atoms with Crippen LogP contribution in [0.5, 0.6) is 5.88 Å². The smallest absolute Gasteiger partial charge is 0.218 e. The molecule has 1 N–H and O–H groups in total. The van der Waals surface area contributed by atoms with Crippen molar-refractivity contribution in [2.45, 2.75) is 13.3 Å². The Labute approximate surface area is 108 Å². The molecule has 0 saturated carbocycles. The molecule has 0 bridgehead atoms. The third-order valence-corrected chi connectivity index (χ3v) is 2.11. The van der Waals surface area contributed by atoms with Crippen LogP contribution < -0.4 is 10.1 Å². The molecule has 1 heterocycles. The van der Waals surface area contributed by atoms with Crippen molar-refractivity contribution in [1.82, 2.24) is 9.97 Å². The van der Waals surface area contributed by atoms with Crippen molar-refractivity contribution in [2.75, 3.05) is 45.4 Å². The predicted molar refractivity (Wildman–Crippen MR) is 69.0 cm³/mol. The lowest BCUT2D eigenvalue weighted by Crippen LogP contribution is -2.11. The molecule has 0 fully saturated rings. The van der Waals surface area contributed by atoms with E-state index in [2.05, 4.69) is 22.2 Å². The monoisotopic (exact) mass is 255 g/mol. The van der Waals surface area contributed by atoms with Crippen LogP contribution in [0.4, 0.5) is 5.82 Å². The highest BCUT2D eigenvalue weighted by Gasteiger charge is 1.99. The highest BCUT2D eigenvalue weighted by atomic mass is 16.5. The lowest BCUT2D eigenvalue weighted by atomic mass is 10.4. The molecule has 0 amide bonds. The molecule has 0 radical (unpaired) electrons. The average molecular weight is 255 g/mol. The third kappa shape index (κ3) is 6.36. The van der Waals surface area contributed by atoms with Gasteiger partial charge in [-0.25, -0.2) is 9.97 Å². The van der Waals surface area contributed by atoms with Crippen LogP contribution in [0.25, 0.3) is 0 Å². The molecule has 0 aliphatic heterocycles. The number of hydrogen-bond donors (Lipinski definition) is 1. The van der Waals surface area contributed by atoms with Crippen LogP contribution in [0.1, 0.15) is 13.3 Å². The number of methoxy groups -OCH3 is 1. The number of hydrogen-bond acceptors (Lipinski definition) is 6. The molecule has 1 rings (SSSR count). The van der Waals surface area contributed by atoms with Gasteiger partial charge in [0, 0.05) is 19.7 Å². The lowest BCUT2D eigenvalue weighted by molar-refractivity contribution is 0.0536. The van der Waals surface area contributed by atoms with Crippen LogP contribution in [0.3, 0.4) is 0 Å². The number of rotatable bonds is 10. The fourth-order valence-corrected chi connectivity index (χ4v) is 1.22. The van der Waals surface area contributed by atoms with E-state index in [0.29, 0.717) is 32.3 Å². The highest BCUT2D eigenvalue weighted by molar-refractivity contribution is 5.36. The first kappa shape index (κ1) is 14.7. The van der Waals surface area contributed by atoms with Crippen molar-refractivity contribution < 1.29 is 14.2 Å². The Morgan fingerprint density at radius 1 is 1.17 bits per heavy atom. The minimum Gasteiger partial charge on any atom is -0.475 e.